The van der Waals surface area contributed by atoms with E-state index >= 15 is 0 Å². The number of H-pyrrole nitrogens is 1. The molecule has 1 heterocycles. The van der Waals surface area contributed by atoms with Gasteiger partial charge in [-0.3, -0.25) is 4.79 Å². The molecule has 2 aromatic rings. The zero-order valence-corrected chi connectivity index (χ0v) is 11.4. The Hall–Kier alpha value is -1.84. The lowest BCUT2D eigenvalue weighted by atomic mass is 10.2. The first-order chi connectivity index (χ1) is 9.29. The van der Waals surface area contributed by atoms with E-state index in [2.05, 4.69) is 22.2 Å². The van der Waals surface area contributed by atoms with Crippen molar-refractivity contribution in [1.82, 2.24) is 15.3 Å². The van der Waals surface area contributed by atoms with Crippen molar-refractivity contribution in [3.8, 4) is 0 Å². The minimum absolute atomic E-state index is 0.143. The van der Waals surface area contributed by atoms with Crippen LogP contribution in [0.15, 0.2) is 24.3 Å². The molecule has 102 valence electrons. The summed E-state index contributed by atoms with van der Waals surface area (Å²) in [5.41, 5.74) is 2.03. The Bertz CT molecular complexity index is 500. The minimum atomic E-state index is 0.143. The highest BCUT2D eigenvalue weighted by atomic mass is 16.1. The topological polar surface area (TPSA) is 57.8 Å². The monoisotopic (exact) mass is 259 g/mol. The third-order valence-electron chi connectivity index (χ3n) is 3.13. The summed E-state index contributed by atoms with van der Waals surface area (Å²) in [6.45, 7) is 2.78. The van der Waals surface area contributed by atoms with Crippen LogP contribution >= 0.6 is 0 Å². The van der Waals surface area contributed by atoms with Crippen LogP contribution in [0, 0.1) is 0 Å². The lowest BCUT2D eigenvalue weighted by Crippen LogP contribution is -2.25. The second kappa shape index (κ2) is 6.92. The second-order valence-electron chi connectivity index (χ2n) is 4.76. The number of nitrogens with zero attached hydrogens (tertiary/aromatic N) is 1. The van der Waals surface area contributed by atoms with Gasteiger partial charge in [-0.25, -0.2) is 4.98 Å². The first-order valence-corrected chi connectivity index (χ1v) is 7.00. The zero-order chi connectivity index (χ0) is 13.5. The lowest BCUT2D eigenvalue weighted by molar-refractivity contribution is -0.121. The number of imidazole rings is 1. The van der Waals surface area contributed by atoms with Crippen molar-refractivity contribution in [3.05, 3.63) is 30.1 Å². The van der Waals surface area contributed by atoms with Crippen LogP contribution in [-0.4, -0.2) is 22.4 Å². The van der Waals surface area contributed by atoms with Gasteiger partial charge in [0, 0.05) is 19.4 Å². The van der Waals surface area contributed by atoms with Gasteiger partial charge in [-0.2, -0.15) is 0 Å². The molecule has 2 N–H and O–H groups in total. The van der Waals surface area contributed by atoms with Crippen molar-refractivity contribution in [2.45, 2.75) is 39.0 Å². The second-order valence-corrected chi connectivity index (χ2v) is 4.76. The number of nitrogens with one attached hydrogen (secondary N) is 2. The van der Waals surface area contributed by atoms with Gasteiger partial charge in [-0.1, -0.05) is 31.9 Å². The van der Waals surface area contributed by atoms with Crippen LogP contribution in [0.1, 0.15) is 38.4 Å². The summed E-state index contributed by atoms with van der Waals surface area (Å²) in [5, 5.41) is 2.94. The Morgan fingerprint density at radius 3 is 2.95 bits per heavy atom. The molecular weight excluding hydrogens is 238 g/mol. The van der Waals surface area contributed by atoms with Gasteiger partial charge in [-0.05, 0) is 18.6 Å². The largest absolute Gasteiger partial charge is 0.356 e. The Morgan fingerprint density at radius 1 is 1.32 bits per heavy atom. The van der Waals surface area contributed by atoms with Crippen LogP contribution in [0.5, 0.6) is 0 Å². The Morgan fingerprint density at radius 2 is 2.16 bits per heavy atom. The maximum atomic E-state index is 11.5. The van der Waals surface area contributed by atoms with E-state index in [0.29, 0.717) is 13.0 Å². The molecule has 0 saturated carbocycles. The van der Waals surface area contributed by atoms with Gasteiger partial charge >= 0.3 is 0 Å². The molecule has 0 bridgehead atoms. The molecule has 0 unspecified atom stereocenters. The fraction of sp³-hybridized carbons (Fsp3) is 0.467. The van der Waals surface area contributed by atoms with Crippen molar-refractivity contribution in [3.63, 3.8) is 0 Å². The van der Waals surface area contributed by atoms with Gasteiger partial charge in [0.15, 0.2) is 0 Å². The summed E-state index contributed by atoms with van der Waals surface area (Å²) in [6.07, 6.45) is 4.62. The smallest absolute Gasteiger partial charge is 0.220 e. The normalized spacial score (nSPS) is 10.8. The average molecular weight is 259 g/mol. The number of fused-ring (bicyclic) bond motifs is 1. The Kier molecular flexibility index (Phi) is 4.95. The quantitative estimate of drug-likeness (QED) is 0.751. The average Bonchev–Trinajstić information content (AvgIpc) is 2.81. The van der Waals surface area contributed by atoms with Crippen LogP contribution in [-0.2, 0) is 11.2 Å². The molecule has 19 heavy (non-hydrogen) atoms. The first-order valence-electron chi connectivity index (χ1n) is 7.00. The maximum Gasteiger partial charge on any atom is 0.220 e. The summed E-state index contributed by atoms with van der Waals surface area (Å²) in [4.78, 5) is 19.3. The number of benzene rings is 1. The minimum Gasteiger partial charge on any atom is -0.356 e. The molecule has 0 aliphatic heterocycles. The number of hydrogen-bond donors (Lipinski definition) is 2. The van der Waals surface area contributed by atoms with E-state index in [-0.39, 0.29) is 5.91 Å². The molecule has 4 heteroatoms. The number of para-hydroxylation sites is 2. The summed E-state index contributed by atoms with van der Waals surface area (Å²) >= 11 is 0. The number of unbranched alkanes of at least 4 members (excludes halogenated alkanes) is 2. The van der Waals surface area contributed by atoms with Gasteiger partial charge in [0.25, 0.3) is 0 Å². The highest BCUT2D eigenvalue weighted by Crippen LogP contribution is 2.10. The van der Waals surface area contributed by atoms with E-state index < -0.39 is 0 Å². The third-order valence-corrected chi connectivity index (χ3v) is 3.13. The fourth-order valence-corrected chi connectivity index (χ4v) is 2.07. The Balaban J connectivity index is 1.74. The molecule has 4 nitrogen and oxygen atoms in total. The number of amides is 1. The van der Waals surface area contributed by atoms with Gasteiger partial charge in [0.05, 0.1) is 11.0 Å². The zero-order valence-electron chi connectivity index (χ0n) is 11.4. The summed E-state index contributed by atoms with van der Waals surface area (Å²) in [7, 11) is 0. The van der Waals surface area contributed by atoms with Gasteiger partial charge < -0.3 is 10.3 Å². The van der Waals surface area contributed by atoms with Crippen LogP contribution in [0.4, 0.5) is 0 Å². The predicted octanol–water partition coefficient (Wildman–Crippen LogP) is 2.80. The molecule has 0 fully saturated rings. The van der Waals surface area contributed by atoms with E-state index in [9.17, 15) is 4.79 Å². The standard InChI is InChI=1S/C15H21N3O/c1-2-3-4-9-15(19)16-11-10-14-17-12-7-5-6-8-13(12)18-14/h5-8H,2-4,9-11H2,1H3,(H,16,19)(H,17,18). The van der Waals surface area contributed by atoms with Crippen molar-refractivity contribution in [1.29, 1.82) is 0 Å². The molecule has 2 rings (SSSR count). The lowest BCUT2D eigenvalue weighted by Gasteiger charge is -2.03. The van der Waals surface area contributed by atoms with Crippen molar-refractivity contribution < 1.29 is 4.79 Å². The molecule has 0 spiro atoms. The van der Waals surface area contributed by atoms with Crippen LogP contribution < -0.4 is 5.32 Å². The molecule has 1 aromatic carbocycles. The van der Waals surface area contributed by atoms with Crippen LogP contribution in [0.3, 0.4) is 0 Å². The number of hydrogen-bond acceptors (Lipinski definition) is 2. The SMILES string of the molecule is CCCCCC(=O)NCCc1nc2ccccc2[nH]1. The molecular formula is C15H21N3O. The van der Waals surface area contributed by atoms with Crippen LogP contribution in [0.2, 0.25) is 0 Å². The fourth-order valence-electron chi connectivity index (χ4n) is 2.07. The summed E-state index contributed by atoms with van der Waals surface area (Å²) < 4.78 is 0. The van der Waals surface area contributed by atoms with Crippen molar-refractivity contribution >= 4 is 16.9 Å². The molecule has 0 radical (unpaired) electrons. The number of rotatable bonds is 7. The van der Waals surface area contributed by atoms with Gasteiger partial charge in [0.2, 0.25) is 5.91 Å². The van der Waals surface area contributed by atoms with Crippen LogP contribution in [0.25, 0.3) is 11.0 Å². The molecule has 1 amide bonds. The number of aromatic amines is 1. The number of aromatic nitrogens is 2. The van der Waals surface area contributed by atoms with E-state index in [1.807, 2.05) is 24.3 Å². The van der Waals surface area contributed by atoms with Gasteiger partial charge in [0.1, 0.15) is 5.82 Å². The number of carbonyl (C=O) groups excluding carboxylic acids is 1. The molecule has 0 atom stereocenters. The molecule has 0 aliphatic carbocycles. The summed E-state index contributed by atoms with van der Waals surface area (Å²) in [5.74, 6) is 1.07. The molecule has 0 aliphatic rings. The third kappa shape index (κ3) is 4.09. The predicted molar refractivity (Wildman–Crippen MR) is 76.9 cm³/mol. The maximum absolute atomic E-state index is 11.5. The summed E-state index contributed by atoms with van der Waals surface area (Å²) in [6, 6.07) is 7.95. The highest BCUT2D eigenvalue weighted by molar-refractivity contribution is 5.76. The van der Waals surface area contributed by atoms with E-state index in [0.717, 1.165) is 42.5 Å². The number of carbonyl (C=O) groups is 1. The highest BCUT2D eigenvalue weighted by Gasteiger charge is 2.03. The van der Waals surface area contributed by atoms with Crippen molar-refractivity contribution in [2.24, 2.45) is 0 Å². The molecule has 0 saturated heterocycles. The Labute approximate surface area is 113 Å². The molecule has 1 aromatic heterocycles. The van der Waals surface area contributed by atoms with E-state index in [1.54, 1.807) is 0 Å². The van der Waals surface area contributed by atoms with Crippen molar-refractivity contribution in [2.75, 3.05) is 6.54 Å². The van der Waals surface area contributed by atoms with E-state index in [4.69, 9.17) is 0 Å². The first kappa shape index (κ1) is 13.6. The van der Waals surface area contributed by atoms with E-state index in [1.165, 1.54) is 0 Å². The van der Waals surface area contributed by atoms with Gasteiger partial charge in [-0.15, -0.1) is 0 Å².